The topological polar surface area (TPSA) is 225 Å². The van der Waals surface area contributed by atoms with Gasteiger partial charge in [-0.25, -0.2) is 4.79 Å². The van der Waals surface area contributed by atoms with Gasteiger partial charge in [0.15, 0.2) is 28.7 Å². The first kappa shape index (κ1) is 34.9. The molecule has 0 saturated carbocycles. The van der Waals surface area contributed by atoms with Crippen molar-refractivity contribution in [3.05, 3.63) is 53.1 Å². The molecular formula is C34H40O14. The van der Waals surface area contributed by atoms with Gasteiger partial charge in [-0.15, -0.1) is 0 Å². The van der Waals surface area contributed by atoms with Gasteiger partial charge < -0.3 is 64.5 Å². The van der Waals surface area contributed by atoms with Crippen LogP contribution in [0.1, 0.15) is 47.2 Å². The molecule has 3 aromatic rings. The molecule has 6 atom stereocenters. The van der Waals surface area contributed by atoms with E-state index in [0.717, 1.165) is 17.7 Å². The first-order chi connectivity index (χ1) is 22.9. The number of aryl methyl sites for hydroxylation is 2. The molecule has 0 unspecified atom stereocenters. The van der Waals surface area contributed by atoms with E-state index < -0.39 is 66.6 Å². The molecule has 260 valence electrons. The average molecular weight is 673 g/mol. The van der Waals surface area contributed by atoms with E-state index in [1.807, 2.05) is 6.07 Å². The van der Waals surface area contributed by atoms with Crippen LogP contribution in [0, 0.1) is 0 Å². The maximum atomic E-state index is 12.6. The molecule has 1 aliphatic carbocycles. The van der Waals surface area contributed by atoms with Crippen LogP contribution in [0.3, 0.4) is 0 Å². The van der Waals surface area contributed by atoms with Crippen molar-refractivity contribution in [1.29, 1.82) is 0 Å². The summed E-state index contributed by atoms with van der Waals surface area (Å²) in [5.74, 6) is -3.00. The lowest BCUT2D eigenvalue weighted by atomic mass is 9.95. The molecule has 0 radical (unpaired) electrons. The number of benzene rings is 3. The lowest BCUT2D eigenvalue weighted by Gasteiger charge is -2.40. The second-order valence-corrected chi connectivity index (χ2v) is 11.9. The van der Waals surface area contributed by atoms with E-state index in [9.17, 15) is 45.6 Å². The number of hydrogen-bond acceptors (Lipinski definition) is 14. The van der Waals surface area contributed by atoms with Crippen LogP contribution in [0.25, 0.3) is 11.1 Å². The number of aliphatic hydroxyl groups excluding tert-OH is 4. The SMILES string of the molecule is COc1c2cc(c(O[C@@H]3O[C@H](COC(=O)c4cc(O)c(O)c(O)c4)[C@@H](O)[C@H](O)[C@H]3O)c1OC)CCCC[C@H](O)CCc1ccc(O)c-2c1. The predicted molar refractivity (Wildman–Crippen MR) is 168 cm³/mol. The summed E-state index contributed by atoms with van der Waals surface area (Å²) in [7, 11) is 2.80. The van der Waals surface area contributed by atoms with Gasteiger partial charge in [0.05, 0.1) is 25.9 Å². The van der Waals surface area contributed by atoms with E-state index in [2.05, 4.69) is 0 Å². The molecule has 48 heavy (non-hydrogen) atoms. The zero-order chi connectivity index (χ0) is 34.7. The molecule has 14 heteroatoms. The number of hydrogen-bond donors (Lipinski definition) is 8. The fraction of sp³-hybridized carbons (Fsp3) is 0.441. The Bertz CT molecular complexity index is 1600. The van der Waals surface area contributed by atoms with E-state index >= 15 is 0 Å². The zero-order valence-corrected chi connectivity index (χ0v) is 26.4. The van der Waals surface area contributed by atoms with Crippen LogP contribution >= 0.6 is 0 Å². The van der Waals surface area contributed by atoms with Crippen molar-refractivity contribution in [3.63, 3.8) is 0 Å². The van der Waals surface area contributed by atoms with Gasteiger partial charge in [0.1, 0.15) is 36.8 Å². The minimum atomic E-state index is -1.80. The molecule has 0 aromatic heterocycles. The zero-order valence-electron chi connectivity index (χ0n) is 26.4. The van der Waals surface area contributed by atoms with Gasteiger partial charge in [0.25, 0.3) is 0 Å². The van der Waals surface area contributed by atoms with Crippen molar-refractivity contribution in [2.24, 2.45) is 0 Å². The Morgan fingerprint density at radius 1 is 0.771 bits per heavy atom. The lowest BCUT2D eigenvalue weighted by molar-refractivity contribution is -0.277. The monoisotopic (exact) mass is 672 g/mol. The van der Waals surface area contributed by atoms with Gasteiger partial charge >= 0.3 is 5.97 Å². The summed E-state index contributed by atoms with van der Waals surface area (Å²) in [5, 5.41) is 82.7. The van der Waals surface area contributed by atoms with Crippen LogP contribution < -0.4 is 14.2 Å². The molecule has 5 rings (SSSR count). The van der Waals surface area contributed by atoms with Crippen molar-refractivity contribution in [2.75, 3.05) is 20.8 Å². The van der Waals surface area contributed by atoms with E-state index in [1.165, 1.54) is 14.2 Å². The van der Waals surface area contributed by atoms with Crippen LogP contribution in [-0.4, -0.2) is 104 Å². The third kappa shape index (κ3) is 7.17. The van der Waals surface area contributed by atoms with E-state index in [4.69, 9.17) is 23.7 Å². The summed E-state index contributed by atoms with van der Waals surface area (Å²) >= 11 is 0. The second-order valence-electron chi connectivity index (χ2n) is 11.9. The largest absolute Gasteiger partial charge is 0.507 e. The Labute approximate surface area is 275 Å². The third-order valence-corrected chi connectivity index (χ3v) is 8.61. The molecule has 14 nitrogen and oxygen atoms in total. The number of carbonyl (C=O) groups excluding carboxylic acids is 1. The van der Waals surface area contributed by atoms with Gasteiger partial charge in [-0.2, -0.15) is 0 Å². The highest BCUT2D eigenvalue weighted by Crippen LogP contribution is 2.50. The molecule has 1 saturated heterocycles. The Morgan fingerprint density at radius 3 is 2.17 bits per heavy atom. The van der Waals surface area contributed by atoms with E-state index in [0.29, 0.717) is 55.2 Å². The molecule has 1 fully saturated rings. The second kappa shape index (κ2) is 14.7. The van der Waals surface area contributed by atoms with E-state index in [1.54, 1.807) is 18.2 Å². The maximum absolute atomic E-state index is 12.6. The minimum absolute atomic E-state index is 0.00703. The average Bonchev–Trinajstić information content (AvgIpc) is 3.08. The summed E-state index contributed by atoms with van der Waals surface area (Å²) in [6.45, 7) is -0.643. The molecule has 4 bridgehead atoms. The van der Waals surface area contributed by atoms with Gasteiger partial charge in [0, 0.05) is 11.1 Å². The number of rotatable bonds is 7. The van der Waals surface area contributed by atoms with Gasteiger partial charge in [-0.3, -0.25) is 0 Å². The molecular weight excluding hydrogens is 632 g/mol. The Morgan fingerprint density at radius 2 is 1.48 bits per heavy atom. The summed E-state index contributed by atoms with van der Waals surface area (Å²) in [5.41, 5.74) is 2.14. The molecule has 0 spiro atoms. The van der Waals surface area contributed by atoms with Crippen molar-refractivity contribution in [1.82, 2.24) is 0 Å². The summed E-state index contributed by atoms with van der Waals surface area (Å²) in [6, 6.07) is 8.69. The van der Waals surface area contributed by atoms with Gasteiger partial charge in [-0.1, -0.05) is 12.5 Å². The highest BCUT2D eigenvalue weighted by Gasteiger charge is 2.46. The third-order valence-electron chi connectivity index (χ3n) is 8.61. The fourth-order valence-electron chi connectivity index (χ4n) is 5.94. The number of carbonyl (C=O) groups is 1. The predicted octanol–water partition coefficient (Wildman–Crippen LogP) is 2.26. The van der Waals surface area contributed by atoms with Crippen LogP contribution in [0.5, 0.6) is 40.2 Å². The summed E-state index contributed by atoms with van der Waals surface area (Å²) < 4.78 is 28.7. The normalized spacial score (nSPS) is 24.4. The van der Waals surface area contributed by atoms with Crippen molar-refractivity contribution in [3.8, 4) is 51.4 Å². The fourth-order valence-corrected chi connectivity index (χ4v) is 5.94. The van der Waals surface area contributed by atoms with Crippen molar-refractivity contribution in [2.45, 2.75) is 75.3 Å². The van der Waals surface area contributed by atoms with Crippen LogP contribution in [0.4, 0.5) is 0 Å². The minimum Gasteiger partial charge on any atom is -0.507 e. The number of phenols is 4. The smallest absolute Gasteiger partial charge is 0.338 e. The van der Waals surface area contributed by atoms with Crippen LogP contribution in [-0.2, 0) is 22.3 Å². The molecule has 3 aromatic carbocycles. The van der Waals surface area contributed by atoms with Gasteiger partial charge in [0.2, 0.25) is 12.0 Å². The quantitative estimate of drug-likeness (QED) is 0.133. The number of phenolic OH excluding ortho intramolecular Hbond substituents is 4. The van der Waals surface area contributed by atoms with Crippen LogP contribution in [0.15, 0.2) is 36.4 Å². The lowest BCUT2D eigenvalue weighted by Crippen LogP contribution is -2.60. The first-order valence-electron chi connectivity index (χ1n) is 15.5. The number of fused-ring (bicyclic) bond motifs is 5. The highest BCUT2D eigenvalue weighted by molar-refractivity contribution is 5.91. The highest BCUT2D eigenvalue weighted by atomic mass is 16.7. The molecule has 0 amide bonds. The standard InChI is InChI=1S/C34H40O14/c1-44-31-21-12-17(5-3-4-6-19(35)9-7-16-8-10-22(36)20(21)11-16)30(32(31)45-2)48-34-29(42)28(41)27(40)25(47-34)15-46-33(43)18-13-23(37)26(39)24(38)14-18/h8,10-14,19,25,27-29,34-42H,3-7,9,15H2,1-2H3/t19-,25+,27+,28-,29+,34-/m0/s1. The summed E-state index contributed by atoms with van der Waals surface area (Å²) in [4.78, 5) is 12.6. The molecule has 8 N–H and O–H groups in total. The van der Waals surface area contributed by atoms with E-state index in [-0.39, 0.29) is 28.6 Å². The Balaban J connectivity index is 1.47. The molecule has 2 aliphatic rings. The summed E-state index contributed by atoms with van der Waals surface area (Å²) in [6.07, 6.45) is -5.37. The maximum Gasteiger partial charge on any atom is 0.338 e. The number of aromatic hydroxyl groups is 4. The first-order valence-corrected chi connectivity index (χ1v) is 15.5. The Hall–Kier alpha value is -4.47. The number of esters is 1. The van der Waals surface area contributed by atoms with Crippen LogP contribution in [0.2, 0.25) is 0 Å². The number of ether oxygens (including phenoxy) is 5. The number of aliphatic hydroxyl groups is 4. The van der Waals surface area contributed by atoms with Crippen molar-refractivity contribution < 1.29 is 69.3 Å². The molecule has 1 aliphatic heterocycles. The van der Waals surface area contributed by atoms with Gasteiger partial charge in [-0.05, 0) is 73.6 Å². The molecule has 1 heterocycles. The Kier molecular flexibility index (Phi) is 10.7. The van der Waals surface area contributed by atoms with Crippen molar-refractivity contribution >= 4 is 5.97 Å². The number of methoxy groups -OCH3 is 2.